The first-order chi connectivity index (χ1) is 9.93. The van der Waals surface area contributed by atoms with Gasteiger partial charge in [0, 0.05) is 32.2 Å². The molecule has 1 aromatic rings. The maximum atomic E-state index is 13.7. The Morgan fingerprint density at radius 2 is 1.83 bits per heavy atom. The van der Waals surface area contributed by atoms with Crippen LogP contribution in [0.25, 0.3) is 0 Å². The highest BCUT2D eigenvalue weighted by Gasteiger charge is 2.34. The summed E-state index contributed by atoms with van der Waals surface area (Å²) in [5, 5.41) is 3.21. The minimum Gasteiger partial charge on any atom is -0.314 e. The van der Waals surface area contributed by atoms with Gasteiger partial charge in [0.15, 0.2) is 0 Å². The van der Waals surface area contributed by atoms with Gasteiger partial charge in [-0.05, 0) is 24.1 Å². The number of benzene rings is 1. The predicted molar refractivity (Wildman–Crippen MR) is 87.9 cm³/mol. The molecule has 0 unspecified atom stereocenters. The van der Waals surface area contributed by atoms with Gasteiger partial charge in [0.25, 0.3) is 0 Å². The molecule has 0 aromatic heterocycles. The largest absolute Gasteiger partial charge is 0.419 e. The van der Waals surface area contributed by atoms with Crippen LogP contribution in [0.1, 0.15) is 23.6 Å². The molecule has 1 fully saturated rings. The minimum atomic E-state index is -4.66. The van der Waals surface area contributed by atoms with Crippen LogP contribution in [-0.2, 0) is 6.18 Å². The summed E-state index contributed by atoms with van der Waals surface area (Å²) < 4.78 is 51.6. The van der Waals surface area contributed by atoms with Gasteiger partial charge in [-0.15, -0.1) is 31.4 Å². The van der Waals surface area contributed by atoms with Crippen LogP contribution >= 0.6 is 24.8 Å². The van der Waals surface area contributed by atoms with Crippen molar-refractivity contribution in [2.75, 3.05) is 26.2 Å². The summed E-state index contributed by atoms with van der Waals surface area (Å²) >= 11 is 0. The third-order valence-electron chi connectivity index (χ3n) is 3.67. The molecule has 0 aliphatic carbocycles. The lowest BCUT2D eigenvalue weighted by Gasteiger charge is -2.35. The van der Waals surface area contributed by atoms with Crippen molar-refractivity contribution in [1.82, 2.24) is 10.2 Å². The number of piperazine rings is 1. The van der Waals surface area contributed by atoms with Crippen LogP contribution in [0.3, 0.4) is 0 Å². The Bertz CT molecular complexity index is 503. The smallest absolute Gasteiger partial charge is 0.314 e. The highest BCUT2D eigenvalue weighted by Crippen LogP contribution is 2.34. The fourth-order valence-electron chi connectivity index (χ4n) is 2.62. The molecule has 0 saturated carbocycles. The predicted octanol–water partition coefficient (Wildman–Crippen LogP) is 4.21. The van der Waals surface area contributed by atoms with E-state index in [1.54, 1.807) is 6.08 Å². The zero-order valence-electron chi connectivity index (χ0n) is 12.4. The molecule has 23 heavy (non-hydrogen) atoms. The van der Waals surface area contributed by atoms with Gasteiger partial charge in [0.1, 0.15) is 5.82 Å². The number of alkyl halides is 3. The molecule has 1 aromatic carbocycles. The highest BCUT2D eigenvalue weighted by atomic mass is 35.5. The fraction of sp³-hybridized carbons (Fsp3) is 0.467. The van der Waals surface area contributed by atoms with Gasteiger partial charge in [0.05, 0.1) is 5.56 Å². The molecule has 0 radical (unpaired) electrons. The van der Waals surface area contributed by atoms with Crippen molar-refractivity contribution in [3.63, 3.8) is 0 Å². The van der Waals surface area contributed by atoms with Crippen LogP contribution in [0.5, 0.6) is 0 Å². The third-order valence-corrected chi connectivity index (χ3v) is 3.67. The lowest BCUT2D eigenvalue weighted by molar-refractivity contribution is -0.140. The quantitative estimate of drug-likeness (QED) is 0.627. The fourth-order valence-corrected chi connectivity index (χ4v) is 2.62. The van der Waals surface area contributed by atoms with E-state index in [1.165, 1.54) is 6.07 Å². The Hall–Kier alpha value is -0.820. The molecule has 8 heteroatoms. The third kappa shape index (κ3) is 5.64. The molecule has 0 spiro atoms. The van der Waals surface area contributed by atoms with Crippen molar-refractivity contribution in [2.24, 2.45) is 0 Å². The molecule has 132 valence electrons. The van der Waals surface area contributed by atoms with E-state index in [0.717, 1.165) is 38.3 Å². The molecule has 1 heterocycles. The number of nitrogens with zero attached hydrogens (tertiary/aromatic N) is 1. The summed E-state index contributed by atoms with van der Waals surface area (Å²) in [7, 11) is 0. The van der Waals surface area contributed by atoms with Gasteiger partial charge in [-0.2, -0.15) is 13.2 Å². The zero-order chi connectivity index (χ0) is 15.5. The molecular weight excluding hydrogens is 355 g/mol. The molecule has 1 aliphatic heterocycles. The summed E-state index contributed by atoms with van der Waals surface area (Å²) in [6.07, 6.45) is -2.38. The molecule has 1 aliphatic rings. The summed E-state index contributed by atoms with van der Waals surface area (Å²) in [5.74, 6) is -1.22. The molecule has 2 rings (SSSR count). The van der Waals surface area contributed by atoms with E-state index < -0.39 is 17.6 Å². The second-order valence-corrected chi connectivity index (χ2v) is 5.06. The second-order valence-electron chi connectivity index (χ2n) is 5.06. The van der Waals surface area contributed by atoms with Gasteiger partial charge in [-0.3, -0.25) is 4.90 Å². The first kappa shape index (κ1) is 22.2. The van der Waals surface area contributed by atoms with Crippen LogP contribution in [0.4, 0.5) is 17.6 Å². The number of rotatable bonds is 4. The summed E-state index contributed by atoms with van der Waals surface area (Å²) in [6.45, 7) is 6.87. The Labute approximate surface area is 145 Å². The standard InChI is InChI=1S/C15H18F4N2.2ClH/c1-2-3-14(21-8-6-20-7-9-21)11-4-5-12(13(16)10-11)15(17,18)19;;/h2,4-5,10,14,20H,1,3,6-9H2;2*1H/t14-;;/m0../s1. The average molecular weight is 375 g/mol. The summed E-state index contributed by atoms with van der Waals surface area (Å²) in [5.41, 5.74) is -0.661. The van der Waals surface area contributed by atoms with Gasteiger partial charge in [-0.1, -0.05) is 12.1 Å². The van der Waals surface area contributed by atoms with Crippen molar-refractivity contribution in [1.29, 1.82) is 0 Å². The first-order valence-corrected chi connectivity index (χ1v) is 6.86. The van der Waals surface area contributed by atoms with Crippen molar-refractivity contribution in [3.8, 4) is 0 Å². The van der Waals surface area contributed by atoms with Crippen LogP contribution < -0.4 is 5.32 Å². The molecule has 0 bridgehead atoms. The number of hydrogen-bond donors (Lipinski definition) is 1. The van der Waals surface area contributed by atoms with Crippen molar-refractivity contribution < 1.29 is 17.6 Å². The summed E-state index contributed by atoms with van der Waals surface area (Å²) in [4.78, 5) is 2.14. The maximum Gasteiger partial charge on any atom is 0.419 e. The Balaban J connectivity index is 0.00000242. The molecular formula is C15H20Cl2F4N2. The molecule has 1 N–H and O–H groups in total. The zero-order valence-corrected chi connectivity index (χ0v) is 14.0. The molecule has 0 amide bonds. The van der Waals surface area contributed by atoms with Crippen LogP contribution in [0.15, 0.2) is 30.9 Å². The van der Waals surface area contributed by atoms with E-state index in [1.807, 2.05) is 0 Å². The topological polar surface area (TPSA) is 15.3 Å². The highest BCUT2D eigenvalue weighted by molar-refractivity contribution is 5.85. The van der Waals surface area contributed by atoms with E-state index in [0.29, 0.717) is 12.0 Å². The molecule has 1 saturated heterocycles. The van der Waals surface area contributed by atoms with Crippen LogP contribution in [-0.4, -0.2) is 31.1 Å². The minimum absolute atomic E-state index is 0. The molecule has 2 nitrogen and oxygen atoms in total. The monoisotopic (exact) mass is 374 g/mol. The van der Waals surface area contributed by atoms with Crippen LogP contribution in [0, 0.1) is 5.82 Å². The summed E-state index contributed by atoms with van der Waals surface area (Å²) in [6, 6.07) is 3.05. The van der Waals surface area contributed by atoms with E-state index in [4.69, 9.17) is 0 Å². The normalized spacial score (nSPS) is 16.9. The van der Waals surface area contributed by atoms with E-state index in [2.05, 4.69) is 16.8 Å². The number of hydrogen-bond acceptors (Lipinski definition) is 2. The van der Waals surface area contributed by atoms with Gasteiger partial charge in [0.2, 0.25) is 0 Å². The van der Waals surface area contributed by atoms with Gasteiger partial charge >= 0.3 is 6.18 Å². The Morgan fingerprint density at radius 3 is 2.30 bits per heavy atom. The SMILES string of the molecule is C=CC[C@@H](c1ccc(C(F)(F)F)c(F)c1)N1CCNCC1.Cl.Cl. The second kappa shape index (κ2) is 9.47. The number of nitrogens with one attached hydrogen (secondary N) is 1. The number of halogens is 6. The van der Waals surface area contributed by atoms with Crippen molar-refractivity contribution in [2.45, 2.75) is 18.6 Å². The first-order valence-electron chi connectivity index (χ1n) is 6.86. The lowest BCUT2D eigenvalue weighted by Crippen LogP contribution is -2.45. The Morgan fingerprint density at radius 1 is 1.22 bits per heavy atom. The molecule has 1 atom stereocenters. The van der Waals surface area contributed by atoms with Crippen LogP contribution in [0.2, 0.25) is 0 Å². The lowest BCUT2D eigenvalue weighted by atomic mass is 9.99. The van der Waals surface area contributed by atoms with E-state index in [-0.39, 0.29) is 30.9 Å². The van der Waals surface area contributed by atoms with Crippen molar-refractivity contribution in [3.05, 3.63) is 47.8 Å². The van der Waals surface area contributed by atoms with E-state index in [9.17, 15) is 17.6 Å². The average Bonchev–Trinajstić information content (AvgIpc) is 2.44. The maximum absolute atomic E-state index is 13.7. The van der Waals surface area contributed by atoms with Gasteiger partial charge < -0.3 is 5.32 Å². The Kier molecular flexibility index (Phi) is 9.13. The van der Waals surface area contributed by atoms with Crippen molar-refractivity contribution >= 4 is 24.8 Å². The van der Waals surface area contributed by atoms with Gasteiger partial charge in [-0.25, -0.2) is 4.39 Å². The van der Waals surface area contributed by atoms with E-state index >= 15 is 0 Å².